The molecule has 0 saturated carbocycles. The number of hydrogen-bond donors (Lipinski definition) is 2. The van der Waals surface area contributed by atoms with Crippen LogP contribution in [0.5, 0.6) is 0 Å². The van der Waals surface area contributed by atoms with Gasteiger partial charge in [0.05, 0.1) is 11.7 Å². The van der Waals surface area contributed by atoms with Crippen molar-refractivity contribution in [1.82, 2.24) is 25.9 Å². The van der Waals surface area contributed by atoms with Gasteiger partial charge in [0.2, 0.25) is 0 Å². The lowest BCUT2D eigenvalue weighted by Gasteiger charge is -2.36. The van der Waals surface area contributed by atoms with Crippen LogP contribution >= 0.6 is 0 Å². The van der Waals surface area contributed by atoms with E-state index in [1.165, 1.54) is 0 Å². The molecule has 5 heteroatoms. The van der Waals surface area contributed by atoms with Gasteiger partial charge < -0.3 is 5.32 Å². The van der Waals surface area contributed by atoms with Crippen LogP contribution in [0.15, 0.2) is 18.3 Å². The van der Waals surface area contributed by atoms with Gasteiger partial charge >= 0.3 is 0 Å². The van der Waals surface area contributed by atoms with Crippen molar-refractivity contribution in [1.29, 1.82) is 0 Å². The molecule has 0 spiro atoms. The van der Waals surface area contributed by atoms with Crippen molar-refractivity contribution >= 4 is 0 Å². The van der Waals surface area contributed by atoms with Crippen molar-refractivity contribution in [2.45, 2.75) is 25.9 Å². The third kappa shape index (κ3) is 2.75. The maximum Gasteiger partial charge on any atom is 0.0829 e. The summed E-state index contributed by atoms with van der Waals surface area (Å²) >= 11 is 0. The van der Waals surface area contributed by atoms with Gasteiger partial charge in [-0.3, -0.25) is 5.43 Å². The van der Waals surface area contributed by atoms with Crippen LogP contribution in [0.25, 0.3) is 0 Å². The lowest BCUT2D eigenvalue weighted by atomic mass is 10.1. The van der Waals surface area contributed by atoms with Crippen LogP contribution in [0.2, 0.25) is 0 Å². The van der Waals surface area contributed by atoms with Gasteiger partial charge in [-0.05, 0) is 26.0 Å². The van der Waals surface area contributed by atoms with Crippen LogP contribution in [-0.4, -0.2) is 40.9 Å². The van der Waals surface area contributed by atoms with Crippen molar-refractivity contribution < 1.29 is 0 Å². The molecule has 1 aliphatic heterocycles. The normalized spacial score (nSPS) is 22.6. The van der Waals surface area contributed by atoms with E-state index in [0.29, 0.717) is 6.04 Å². The number of nitrogens with zero attached hydrogens (tertiary/aromatic N) is 3. The minimum absolute atomic E-state index is 0.268. The monoisotopic (exact) mass is 221 g/mol. The van der Waals surface area contributed by atoms with Gasteiger partial charge in [0, 0.05) is 31.9 Å². The Kier molecular flexibility index (Phi) is 3.82. The number of aromatic nitrogens is 2. The molecule has 0 radical (unpaired) electrons. The Labute approximate surface area is 96.2 Å². The second-order valence-corrected chi connectivity index (χ2v) is 4.35. The summed E-state index contributed by atoms with van der Waals surface area (Å²) in [4.78, 5) is 0. The predicted octanol–water partition coefficient (Wildman–Crippen LogP) is 0.336. The molecule has 88 valence electrons. The summed E-state index contributed by atoms with van der Waals surface area (Å²) in [5, 5.41) is 13.8. The van der Waals surface area contributed by atoms with Crippen molar-refractivity contribution in [3.05, 3.63) is 24.0 Å². The van der Waals surface area contributed by atoms with Crippen molar-refractivity contribution in [2.75, 3.05) is 19.6 Å². The smallest absolute Gasteiger partial charge is 0.0829 e. The van der Waals surface area contributed by atoms with Crippen LogP contribution in [0.4, 0.5) is 0 Å². The summed E-state index contributed by atoms with van der Waals surface area (Å²) in [5.74, 6) is 0. The third-order valence-electron chi connectivity index (χ3n) is 2.60. The van der Waals surface area contributed by atoms with Gasteiger partial charge in [-0.2, -0.15) is 10.2 Å². The highest BCUT2D eigenvalue weighted by molar-refractivity contribution is 5.07. The molecule has 16 heavy (non-hydrogen) atoms. The summed E-state index contributed by atoms with van der Waals surface area (Å²) in [6.07, 6.45) is 1.71. The van der Waals surface area contributed by atoms with Crippen LogP contribution < -0.4 is 10.7 Å². The van der Waals surface area contributed by atoms with Gasteiger partial charge in [-0.1, -0.05) is 0 Å². The lowest BCUT2D eigenvalue weighted by Crippen LogP contribution is -2.54. The Morgan fingerprint density at radius 1 is 1.56 bits per heavy atom. The minimum atomic E-state index is 0.268. The second-order valence-electron chi connectivity index (χ2n) is 4.35. The lowest BCUT2D eigenvalue weighted by molar-refractivity contribution is 0.0802. The molecular weight excluding hydrogens is 202 g/mol. The van der Waals surface area contributed by atoms with E-state index in [4.69, 9.17) is 0 Å². The Bertz CT molecular complexity index is 313. The fourth-order valence-electron chi connectivity index (χ4n) is 1.95. The van der Waals surface area contributed by atoms with E-state index in [2.05, 4.69) is 39.8 Å². The molecule has 0 bridgehead atoms. The molecule has 2 N–H and O–H groups in total. The molecule has 2 rings (SSSR count). The summed E-state index contributed by atoms with van der Waals surface area (Å²) < 4.78 is 0. The fourth-order valence-corrected chi connectivity index (χ4v) is 1.95. The van der Waals surface area contributed by atoms with Crippen molar-refractivity contribution in [2.24, 2.45) is 0 Å². The summed E-state index contributed by atoms with van der Waals surface area (Å²) in [7, 11) is 0. The third-order valence-corrected chi connectivity index (χ3v) is 2.60. The maximum absolute atomic E-state index is 4.19. The predicted molar refractivity (Wildman–Crippen MR) is 62.6 cm³/mol. The van der Waals surface area contributed by atoms with E-state index in [0.717, 1.165) is 25.3 Å². The maximum atomic E-state index is 4.19. The molecule has 0 amide bonds. The van der Waals surface area contributed by atoms with E-state index in [1.807, 2.05) is 12.1 Å². The summed E-state index contributed by atoms with van der Waals surface area (Å²) in [6, 6.07) is 4.67. The van der Waals surface area contributed by atoms with Gasteiger partial charge in [-0.25, -0.2) is 5.01 Å². The molecule has 1 unspecified atom stereocenters. The van der Waals surface area contributed by atoms with E-state index >= 15 is 0 Å². The van der Waals surface area contributed by atoms with Crippen LogP contribution in [0, 0.1) is 0 Å². The first-order chi connectivity index (χ1) is 7.77. The van der Waals surface area contributed by atoms with Crippen molar-refractivity contribution in [3.8, 4) is 0 Å². The average molecular weight is 221 g/mol. The minimum Gasteiger partial charge on any atom is -0.313 e. The Hall–Kier alpha value is -1.04. The molecule has 5 nitrogen and oxygen atoms in total. The van der Waals surface area contributed by atoms with Crippen LogP contribution in [-0.2, 0) is 0 Å². The van der Waals surface area contributed by atoms with Gasteiger partial charge in [-0.15, -0.1) is 0 Å². The molecule has 1 atom stereocenters. The molecule has 1 fully saturated rings. The first-order valence-electron chi connectivity index (χ1n) is 5.78. The van der Waals surface area contributed by atoms with E-state index in [-0.39, 0.29) is 6.04 Å². The molecule has 0 aromatic carbocycles. The zero-order valence-corrected chi connectivity index (χ0v) is 9.85. The number of rotatable bonds is 3. The Morgan fingerprint density at radius 3 is 3.12 bits per heavy atom. The van der Waals surface area contributed by atoms with Crippen LogP contribution in [0.3, 0.4) is 0 Å². The number of piperazine rings is 1. The van der Waals surface area contributed by atoms with E-state index in [1.54, 1.807) is 6.20 Å². The highest BCUT2D eigenvalue weighted by Gasteiger charge is 2.25. The fraction of sp³-hybridized carbons (Fsp3) is 0.636. The zero-order valence-electron chi connectivity index (χ0n) is 9.85. The summed E-state index contributed by atoms with van der Waals surface area (Å²) in [5.41, 5.74) is 4.47. The SMILES string of the molecule is CC(C)NN1CCNCC1c1cccnn1. The molecular formula is C11H19N5. The quantitative estimate of drug-likeness (QED) is 0.770. The van der Waals surface area contributed by atoms with Gasteiger partial charge in [0.1, 0.15) is 0 Å². The van der Waals surface area contributed by atoms with E-state index in [9.17, 15) is 0 Å². The molecule has 1 saturated heterocycles. The standard InChI is InChI=1S/C11H19N5/c1-9(2)15-16-7-6-12-8-11(16)10-4-3-5-13-14-10/h3-5,9,11-12,15H,6-8H2,1-2H3. The van der Waals surface area contributed by atoms with Gasteiger partial charge in [0.15, 0.2) is 0 Å². The van der Waals surface area contributed by atoms with Crippen LogP contribution in [0.1, 0.15) is 25.6 Å². The Balaban J connectivity index is 2.10. The van der Waals surface area contributed by atoms with E-state index < -0.39 is 0 Å². The molecule has 0 aliphatic carbocycles. The largest absolute Gasteiger partial charge is 0.313 e. The first-order valence-corrected chi connectivity index (χ1v) is 5.78. The first kappa shape index (κ1) is 11.4. The highest BCUT2D eigenvalue weighted by atomic mass is 15.5. The second kappa shape index (κ2) is 5.34. The zero-order chi connectivity index (χ0) is 11.4. The number of nitrogens with one attached hydrogen (secondary N) is 2. The molecule has 2 heterocycles. The molecule has 1 aromatic rings. The number of hydrogen-bond acceptors (Lipinski definition) is 5. The summed E-state index contributed by atoms with van der Waals surface area (Å²) in [6.45, 7) is 7.21. The number of hydrazine groups is 1. The molecule has 1 aromatic heterocycles. The highest BCUT2D eigenvalue weighted by Crippen LogP contribution is 2.17. The Morgan fingerprint density at radius 2 is 2.44 bits per heavy atom. The van der Waals surface area contributed by atoms with Gasteiger partial charge in [0.25, 0.3) is 0 Å². The topological polar surface area (TPSA) is 53.1 Å². The molecule has 1 aliphatic rings. The van der Waals surface area contributed by atoms with Crippen molar-refractivity contribution in [3.63, 3.8) is 0 Å². The average Bonchev–Trinajstić information content (AvgIpc) is 2.30.